The minimum atomic E-state index is -0.665. The molecule has 0 atom stereocenters. The van der Waals surface area contributed by atoms with Crippen molar-refractivity contribution < 1.29 is 9.90 Å². The van der Waals surface area contributed by atoms with E-state index in [1.54, 1.807) is 0 Å². The molecule has 0 saturated heterocycles. The summed E-state index contributed by atoms with van der Waals surface area (Å²) in [4.78, 5) is 13.6. The monoisotopic (exact) mass is 213 g/mol. The van der Waals surface area contributed by atoms with Crippen LogP contribution in [0.2, 0.25) is 0 Å². The van der Waals surface area contributed by atoms with Crippen molar-refractivity contribution in [3.8, 4) is 0 Å². The molecule has 1 aliphatic rings. The van der Waals surface area contributed by atoms with Crippen LogP contribution in [0.25, 0.3) is 0 Å². The average molecular weight is 213 g/mol. The summed E-state index contributed by atoms with van der Waals surface area (Å²) in [5.41, 5.74) is -0.644. The zero-order chi connectivity index (χ0) is 11.5. The second kappa shape index (κ2) is 4.97. The Balaban J connectivity index is 2.82. The third-order valence-electron chi connectivity index (χ3n) is 4.12. The molecular formula is C12H23NO2. The average Bonchev–Trinajstić information content (AvgIpc) is 2.72. The normalized spacial score (nSPS) is 18.7. The lowest BCUT2D eigenvalue weighted by Gasteiger charge is -2.40. The molecule has 3 heteroatoms. The van der Waals surface area contributed by atoms with Crippen molar-refractivity contribution in [3.63, 3.8) is 0 Å². The van der Waals surface area contributed by atoms with Crippen LogP contribution in [0.5, 0.6) is 0 Å². The van der Waals surface area contributed by atoms with Crippen LogP contribution in [-0.2, 0) is 4.79 Å². The predicted molar refractivity (Wildman–Crippen MR) is 61.0 cm³/mol. The zero-order valence-corrected chi connectivity index (χ0v) is 10.1. The van der Waals surface area contributed by atoms with Gasteiger partial charge in [0.1, 0.15) is 5.54 Å². The smallest absolute Gasteiger partial charge is 0.324 e. The van der Waals surface area contributed by atoms with Gasteiger partial charge in [-0.25, -0.2) is 0 Å². The first-order chi connectivity index (χ1) is 7.08. The molecule has 0 bridgehead atoms. The second-order valence-corrected chi connectivity index (χ2v) is 4.59. The molecule has 0 aromatic rings. The summed E-state index contributed by atoms with van der Waals surface area (Å²) in [6.07, 6.45) is 6.19. The van der Waals surface area contributed by atoms with Gasteiger partial charge >= 0.3 is 5.97 Å². The van der Waals surface area contributed by atoms with E-state index in [1.807, 2.05) is 20.9 Å². The highest BCUT2D eigenvalue weighted by Crippen LogP contribution is 2.32. The molecular weight excluding hydrogens is 190 g/mol. The zero-order valence-electron chi connectivity index (χ0n) is 10.1. The van der Waals surface area contributed by atoms with E-state index in [2.05, 4.69) is 4.90 Å². The Morgan fingerprint density at radius 3 is 2.13 bits per heavy atom. The number of carboxylic acids is 1. The summed E-state index contributed by atoms with van der Waals surface area (Å²) in [5, 5.41) is 9.41. The Kier molecular flexibility index (Phi) is 4.14. The Hall–Kier alpha value is -0.570. The van der Waals surface area contributed by atoms with E-state index in [0.717, 1.165) is 12.8 Å². The molecule has 1 fully saturated rings. The first-order valence-corrected chi connectivity index (χ1v) is 6.04. The topological polar surface area (TPSA) is 40.5 Å². The van der Waals surface area contributed by atoms with Gasteiger partial charge in [-0.2, -0.15) is 0 Å². The number of rotatable bonds is 5. The summed E-state index contributed by atoms with van der Waals surface area (Å²) in [5.74, 6) is -0.665. The van der Waals surface area contributed by atoms with Crippen LogP contribution in [0, 0.1) is 0 Å². The summed E-state index contributed by atoms with van der Waals surface area (Å²) >= 11 is 0. The molecule has 0 amide bonds. The third kappa shape index (κ3) is 2.17. The van der Waals surface area contributed by atoms with Crippen LogP contribution in [-0.4, -0.2) is 34.6 Å². The molecule has 1 saturated carbocycles. The minimum absolute atomic E-state index is 0.473. The van der Waals surface area contributed by atoms with E-state index in [-0.39, 0.29) is 0 Å². The quantitative estimate of drug-likeness (QED) is 0.763. The number of carboxylic acid groups (broad SMARTS) is 1. The van der Waals surface area contributed by atoms with Crippen LogP contribution < -0.4 is 0 Å². The summed E-state index contributed by atoms with van der Waals surface area (Å²) in [6.45, 7) is 3.95. The molecule has 0 spiro atoms. The largest absolute Gasteiger partial charge is 0.480 e. The van der Waals surface area contributed by atoms with Crippen LogP contribution in [0.15, 0.2) is 0 Å². The molecule has 0 unspecified atom stereocenters. The van der Waals surface area contributed by atoms with Crippen molar-refractivity contribution in [3.05, 3.63) is 0 Å². The van der Waals surface area contributed by atoms with E-state index in [1.165, 1.54) is 12.8 Å². The van der Waals surface area contributed by atoms with Gasteiger partial charge in [-0.1, -0.05) is 26.7 Å². The van der Waals surface area contributed by atoms with E-state index in [4.69, 9.17) is 0 Å². The van der Waals surface area contributed by atoms with Gasteiger partial charge in [-0.3, -0.25) is 9.69 Å². The van der Waals surface area contributed by atoms with Gasteiger partial charge in [0.05, 0.1) is 0 Å². The summed E-state index contributed by atoms with van der Waals surface area (Å²) < 4.78 is 0. The fourth-order valence-corrected chi connectivity index (χ4v) is 2.84. The maximum absolute atomic E-state index is 11.4. The van der Waals surface area contributed by atoms with Crippen LogP contribution in [0.4, 0.5) is 0 Å². The van der Waals surface area contributed by atoms with Crippen LogP contribution in [0.3, 0.4) is 0 Å². The molecule has 0 aromatic heterocycles. The molecule has 0 aromatic carbocycles. The highest BCUT2D eigenvalue weighted by molar-refractivity contribution is 5.78. The number of aliphatic carboxylic acids is 1. The van der Waals surface area contributed by atoms with Gasteiger partial charge in [0.15, 0.2) is 0 Å². The predicted octanol–water partition coefficient (Wildman–Crippen LogP) is 2.50. The van der Waals surface area contributed by atoms with Gasteiger partial charge in [0.2, 0.25) is 0 Å². The van der Waals surface area contributed by atoms with Crippen molar-refractivity contribution in [2.24, 2.45) is 0 Å². The van der Waals surface area contributed by atoms with E-state index in [0.29, 0.717) is 18.9 Å². The highest BCUT2D eigenvalue weighted by Gasteiger charge is 2.42. The van der Waals surface area contributed by atoms with Crippen molar-refractivity contribution in [1.82, 2.24) is 4.90 Å². The molecule has 0 aliphatic heterocycles. The standard InChI is InChI=1S/C12H23NO2/c1-4-12(5-2,11(14)15)13(3)10-8-6-7-9-10/h10H,4-9H2,1-3H3,(H,14,15). The van der Waals surface area contributed by atoms with Crippen molar-refractivity contribution >= 4 is 5.97 Å². The fourth-order valence-electron chi connectivity index (χ4n) is 2.84. The molecule has 1 N–H and O–H groups in total. The Labute approximate surface area is 92.5 Å². The molecule has 3 nitrogen and oxygen atoms in total. The van der Waals surface area contributed by atoms with Crippen molar-refractivity contribution in [2.45, 2.75) is 64.0 Å². The van der Waals surface area contributed by atoms with Gasteiger partial charge in [-0.15, -0.1) is 0 Å². The molecule has 15 heavy (non-hydrogen) atoms. The van der Waals surface area contributed by atoms with Gasteiger partial charge in [0, 0.05) is 6.04 Å². The van der Waals surface area contributed by atoms with E-state index < -0.39 is 11.5 Å². The Morgan fingerprint density at radius 1 is 1.33 bits per heavy atom. The molecule has 1 aliphatic carbocycles. The number of likely N-dealkylation sites (N-methyl/N-ethyl adjacent to an activating group) is 1. The van der Waals surface area contributed by atoms with E-state index >= 15 is 0 Å². The number of hydrogen-bond donors (Lipinski definition) is 1. The lowest BCUT2D eigenvalue weighted by molar-refractivity contribution is -0.153. The van der Waals surface area contributed by atoms with E-state index in [9.17, 15) is 9.90 Å². The summed E-state index contributed by atoms with van der Waals surface area (Å²) in [6, 6.07) is 0.473. The Morgan fingerprint density at radius 2 is 1.80 bits per heavy atom. The maximum atomic E-state index is 11.4. The number of carbonyl (C=O) groups is 1. The van der Waals surface area contributed by atoms with Gasteiger partial charge in [0.25, 0.3) is 0 Å². The van der Waals surface area contributed by atoms with Crippen molar-refractivity contribution in [1.29, 1.82) is 0 Å². The number of nitrogens with zero attached hydrogens (tertiary/aromatic N) is 1. The maximum Gasteiger partial charge on any atom is 0.324 e. The lowest BCUT2D eigenvalue weighted by Crippen LogP contribution is -2.55. The molecule has 88 valence electrons. The third-order valence-corrected chi connectivity index (χ3v) is 4.12. The van der Waals surface area contributed by atoms with Crippen LogP contribution >= 0.6 is 0 Å². The lowest BCUT2D eigenvalue weighted by atomic mass is 9.89. The second-order valence-electron chi connectivity index (χ2n) is 4.59. The fraction of sp³-hybridized carbons (Fsp3) is 0.917. The highest BCUT2D eigenvalue weighted by atomic mass is 16.4. The molecule has 0 heterocycles. The Bertz CT molecular complexity index is 218. The molecule has 1 rings (SSSR count). The number of hydrogen-bond acceptors (Lipinski definition) is 2. The summed E-state index contributed by atoms with van der Waals surface area (Å²) in [7, 11) is 1.98. The first kappa shape index (κ1) is 12.5. The van der Waals surface area contributed by atoms with Crippen LogP contribution in [0.1, 0.15) is 52.4 Å². The van der Waals surface area contributed by atoms with Gasteiger partial charge in [-0.05, 0) is 32.7 Å². The first-order valence-electron chi connectivity index (χ1n) is 6.04. The van der Waals surface area contributed by atoms with Gasteiger partial charge < -0.3 is 5.11 Å². The minimum Gasteiger partial charge on any atom is -0.480 e. The van der Waals surface area contributed by atoms with Crippen molar-refractivity contribution in [2.75, 3.05) is 7.05 Å². The SMILES string of the molecule is CCC(CC)(C(=O)O)N(C)C1CCCC1. The molecule has 0 radical (unpaired) electrons.